The highest BCUT2D eigenvalue weighted by molar-refractivity contribution is 7.91. The average Bonchev–Trinajstić information content (AvgIpc) is 4.14. The van der Waals surface area contributed by atoms with Crippen LogP contribution in [-0.4, -0.2) is 98.4 Å². The van der Waals surface area contributed by atoms with Gasteiger partial charge in [0.05, 0.1) is 33.6 Å². The molecule has 2 saturated carbocycles. The lowest BCUT2D eigenvalue weighted by molar-refractivity contribution is 0.0996. The van der Waals surface area contributed by atoms with Crippen molar-refractivity contribution in [3.63, 3.8) is 0 Å². The Morgan fingerprint density at radius 1 is 0.676 bits per heavy atom. The van der Waals surface area contributed by atoms with Crippen LogP contribution in [0.15, 0.2) is 139 Å². The molecule has 0 spiro atoms. The summed E-state index contributed by atoms with van der Waals surface area (Å²) in [6.07, 6.45) is 6.55. The van der Waals surface area contributed by atoms with E-state index in [-0.39, 0.29) is 101 Å². The maximum atomic E-state index is 13.1. The Hall–Kier alpha value is -6.21. The lowest BCUT2D eigenvalue weighted by Crippen LogP contribution is -2.24. The van der Waals surface area contributed by atoms with Crippen LogP contribution in [0.2, 0.25) is 0 Å². The molecule has 4 heterocycles. The monoisotopic (exact) mass is 995 g/mol. The number of carbonyl (C=O) groups excluding carboxylic acids is 2. The van der Waals surface area contributed by atoms with Crippen molar-refractivity contribution in [1.29, 1.82) is 0 Å². The van der Waals surface area contributed by atoms with Crippen molar-refractivity contribution in [3.8, 4) is 0 Å². The topological polar surface area (TPSA) is 314 Å². The van der Waals surface area contributed by atoms with Gasteiger partial charge in [-0.25, -0.2) is 41.9 Å². The number of benzene rings is 2. The molecule has 0 radical (unpaired) electrons. The molecule has 2 aliphatic carbocycles. The minimum Gasteiger partial charge on any atom is -0.441 e. The minimum absolute atomic E-state index is 0. The number of anilines is 2. The minimum atomic E-state index is -4.14. The van der Waals surface area contributed by atoms with E-state index < -0.39 is 53.6 Å². The maximum Gasteiger partial charge on any atom is 0.333 e. The van der Waals surface area contributed by atoms with E-state index in [1.807, 2.05) is 0 Å². The Kier molecular flexibility index (Phi) is 17.3. The van der Waals surface area contributed by atoms with Gasteiger partial charge in [-0.1, -0.05) is 58.2 Å². The van der Waals surface area contributed by atoms with Gasteiger partial charge in [-0.3, -0.25) is 13.8 Å². The summed E-state index contributed by atoms with van der Waals surface area (Å²) >= 11 is 0. The fourth-order valence-corrected chi connectivity index (χ4v) is 10.5. The molecule has 6 atom stereocenters. The predicted molar refractivity (Wildman–Crippen MR) is 247 cm³/mol. The zero-order valence-corrected chi connectivity index (χ0v) is 37.5. The molecule has 68 heavy (non-hydrogen) atoms. The van der Waals surface area contributed by atoms with E-state index in [2.05, 4.69) is 41.7 Å². The van der Waals surface area contributed by atoms with E-state index >= 15 is 0 Å². The molecule has 2 fully saturated rings. The molecule has 8 rings (SSSR count). The summed E-state index contributed by atoms with van der Waals surface area (Å²) in [4.78, 5) is 42.4. The molecule has 0 amide bonds. The first-order valence-corrected chi connectivity index (χ1v) is 24.9. The van der Waals surface area contributed by atoms with Crippen LogP contribution in [0.4, 0.5) is 11.6 Å². The first-order chi connectivity index (χ1) is 31.4. The standard InChI is InChI=1S/C22H23N3O5S.C21H22N4O8S2.2CH4/c1-14-9-16(10-15(14)12-26)25-22-18(11-23-13-24-22)21(27)19-7-8-20(30-19)31(28,29)17-5-3-2-4-6-17;22-35(30,31)32-11-13-8-14(9-17(13)26)25-21-16(10-23-12-24-21)20(27)18-6-7-19(33-18)34(28,29)15-4-2-1-3-5-15;;/h2-8,11,13-16,26H,9-10,12H2,1H3,(H,23,24,25);1-7,10,12-14,17,26H,8-9,11H2,(H2,22,30,31)(H,23,24,25);2*1H4/t14-,15+,16-;13-,14-,17+;;/m01../s1. The van der Waals surface area contributed by atoms with Crippen molar-refractivity contribution in [2.75, 3.05) is 23.8 Å². The van der Waals surface area contributed by atoms with E-state index in [0.717, 1.165) is 12.8 Å². The second-order valence-corrected chi connectivity index (χ2v) is 20.7. The molecule has 2 aromatic carbocycles. The van der Waals surface area contributed by atoms with Gasteiger partial charge in [-0.15, -0.1) is 0 Å². The summed E-state index contributed by atoms with van der Waals surface area (Å²) in [5, 5.41) is 30.2. The molecular weight excluding hydrogens is 943 g/mol. The number of furan rings is 2. The Morgan fingerprint density at radius 3 is 1.54 bits per heavy atom. The number of aromatic nitrogens is 4. The number of nitrogens with zero attached hydrogens (tertiary/aromatic N) is 4. The van der Waals surface area contributed by atoms with Crippen LogP contribution in [-0.2, 0) is 34.2 Å². The highest BCUT2D eigenvalue weighted by Gasteiger charge is 2.36. The van der Waals surface area contributed by atoms with Gasteiger partial charge in [0.2, 0.25) is 41.4 Å². The number of hydrogen-bond donors (Lipinski definition) is 5. The molecule has 23 heteroatoms. The summed E-state index contributed by atoms with van der Waals surface area (Å²) in [5.74, 6) is -0.906. The van der Waals surface area contributed by atoms with Crippen LogP contribution < -0.4 is 15.8 Å². The fraction of sp³-hybridized carbons (Fsp3) is 0.333. The number of hydrogen-bond acceptors (Lipinski definition) is 19. The molecule has 0 aliphatic heterocycles. The second kappa shape index (κ2) is 22.3. The highest BCUT2D eigenvalue weighted by atomic mass is 32.2. The van der Waals surface area contributed by atoms with Crippen molar-refractivity contribution < 1.29 is 58.1 Å². The van der Waals surface area contributed by atoms with Gasteiger partial charge in [-0.2, -0.15) is 8.42 Å². The summed E-state index contributed by atoms with van der Waals surface area (Å²) in [5.41, 5.74) is 0.227. The van der Waals surface area contributed by atoms with Gasteiger partial charge in [0.25, 0.3) is 0 Å². The summed E-state index contributed by atoms with van der Waals surface area (Å²) in [7, 11) is -12.0. The Labute approximate surface area is 394 Å². The smallest absolute Gasteiger partial charge is 0.333 e. The molecule has 0 saturated heterocycles. The molecule has 2 aliphatic rings. The lowest BCUT2D eigenvalue weighted by atomic mass is 10.00. The number of nitrogens with two attached hydrogens (primary N) is 1. The van der Waals surface area contributed by atoms with Gasteiger partial charge < -0.3 is 29.7 Å². The van der Waals surface area contributed by atoms with E-state index in [9.17, 15) is 45.1 Å². The van der Waals surface area contributed by atoms with Gasteiger partial charge in [0, 0.05) is 37.0 Å². The number of rotatable bonds is 16. The first kappa shape index (κ1) is 52.8. The number of ketones is 2. The van der Waals surface area contributed by atoms with Gasteiger partial charge in [-0.05, 0) is 86.1 Å². The number of aliphatic hydroxyl groups is 2. The van der Waals surface area contributed by atoms with Crippen molar-refractivity contribution >= 4 is 53.2 Å². The Balaban J connectivity index is 0.000000248. The lowest BCUT2D eigenvalue weighted by Gasteiger charge is -2.15. The normalized spacial score (nSPS) is 20.2. The van der Waals surface area contributed by atoms with Crippen molar-refractivity contribution in [2.45, 2.75) is 85.6 Å². The van der Waals surface area contributed by atoms with Gasteiger partial charge in [0.1, 0.15) is 24.3 Å². The van der Waals surface area contributed by atoms with Crippen molar-refractivity contribution in [1.82, 2.24) is 19.9 Å². The number of nitrogens with one attached hydrogen (secondary N) is 2. The van der Waals surface area contributed by atoms with Crippen LogP contribution in [0.3, 0.4) is 0 Å². The van der Waals surface area contributed by atoms with Crippen LogP contribution in [0.25, 0.3) is 0 Å². The zero-order chi connectivity index (χ0) is 47.2. The zero-order valence-electron chi connectivity index (χ0n) is 35.1. The predicted octanol–water partition coefficient (Wildman–Crippen LogP) is 5.13. The first-order valence-electron chi connectivity index (χ1n) is 20.4. The number of sulfone groups is 2. The molecule has 6 aromatic rings. The third kappa shape index (κ3) is 12.3. The molecule has 20 nitrogen and oxygen atoms in total. The van der Waals surface area contributed by atoms with Crippen LogP contribution in [0.1, 0.15) is 79.7 Å². The number of carbonyl (C=O) groups is 2. The molecule has 6 N–H and O–H groups in total. The van der Waals surface area contributed by atoms with Crippen molar-refractivity contribution in [3.05, 3.63) is 133 Å². The highest BCUT2D eigenvalue weighted by Crippen LogP contribution is 2.34. The molecule has 364 valence electrons. The second-order valence-electron chi connectivity index (χ2n) is 15.7. The third-order valence-corrected chi connectivity index (χ3v) is 15.0. The largest absolute Gasteiger partial charge is 0.441 e. The fourth-order valence-electron chi connectivity index (χ4n) is 7.77. The van der Waals surface area contributed by atoms with E-state index in [4.69, 9.17) is 14.0 Å². The maximum absolute atomic E-state index is 13.1. The summed E-state index contributed by atoms with van der Waals surface area (Å²) < 4.78 is 88.4. The third-order valence-electron chi connectivity index (χ3n) is 11.2. The van der Waals surface area contributed by atoms with E-state index in [1.165, 1.54) is 73.6 Å². The number of aliphatic hydroxyl groups excluding tert-OH is 2. The molecular formula is C45H53N7O13S3. The van der Waals surface area contributed by atoms with E-state index in [1.54, 1.807) is 36.4 Å². The SMILES string of the molecule is C.C.C[C@H]1C[C@H](Nc2ncncc2C(=O)c2ccc(S(=O)(=O)c3ccccc3)o2)C[C@@H]1CO.NS(=O)(=O)OC[C@H]1C[C@@H](Nc2ncncc2C(=O)c2ccc(S(=O)(=O)c3ccccc3)o2)C[C@@H]1O. The Bertz CT molecular complexity index is 3010. The van der Waals surface area contributed by atoms with E-state index in [0.29, 0.717) is 18.2 Å². The van der Waals surface area contributed by atoms with Gasteiger partial charge in [0.15, 0.2) is 11.5 Å². The molecule has 4 aromatic heterocycles. The summed E-state index contributed by atoms with van der Waals surface area (Å²) in [6, 6.07) is 20.3. The van der Waals surface area contributed by atoms with Gasteiger partial charge >= 0.3 is 10.3 Å². The molecule has 0 bridgehead atoms. The summed E-state index contributed by atoms with van der Waals surface area (Å²) in [6.45, 7) is 1.94. The van der Waals surface area contributed by atoms with Crippen molar-refractivity contribution in [2.24, 2.45) is 22.9 Å². The van der Waals surface area contributed by atoms with Crippen LogP contribution in [0, 0.1) is 17.8 Å². The van der Waals surface area contributed by atoms with Crippen LogP contribution >= 0.6 is 0 Å². The molecule has 0 unspecified atom stereocenters. The quantitative estimate of drug-likeness (QED) is 0.0785. The average molecular weight is 996 g/mol. The van der Waals surface area contributed by atoms with Crippen LogP contribution in [0.5, 0.6) is 0 Å². The Morgan fingerprint density at radius 2 is 1.12 bits per heavy atom.